The van der Waals surface area contributed by atoms with Gasteiger partial charge in [-0.1, -0.05) is 43.7 Å². The smallest absolute Gasteiger partial charge is 0.243 e. The molecule has 0 bridgehead atoms. The Hall–Kier alpha value is -2.53. The summed E-state index contributed by atoms with van der Waals surface area (Å²) in [6.07, 6.45) is 2.15. The molecule has 30 heavy (non-hydrogen) atoms. The fourth-order valence-corrected chi connectivity index (χ4v) is 4.99. The Morgan fingerprint density at radius 3 is 2.73 bits per heavy atom. The van der Waals surface area contributed by atoms with Crippen LogP contribution in [0.25, 0.3) is 0 Å². The Balaban J connectivity index is 0.00000106. The van der Waals surface area contributed by atoms with Gasteiger partial charge in [0.05, 0.1) is 24.5 Å². The zero-order chi connectivity index (χ0) is 21.1. The first-order valence-corrected chi connectivity index (χ1v) is 11.3. The van der Waals surface area contributed by atoms with Crippen LogP contribution in [-0.4, -0.2) is 49.6 Å². The molecule has 0 spiro atoms. The van der Waals surface area contributed by atoms with Crippen LogP contribution in [0.4, 0.5) is 11.4 Å². The largest absolute Gasteiger partial charge is 0.494 e. The van der Waals surface area contributed by atoms with Gasteiger partial charge >= 0.3 is 0 Å². The predicted molar refractivity (Wildman–Crippen MR) is 123 cm³/mol. The fourth-order valence-electron chi connectivity index (χ4n) is 4.99. The second kappa shape index (κ2) is 9.09. The molecule has 0 aromatic heterocycles. The number of carbonyl (C=O) groups excluding carboxylic acids is 1. The van der Waals surface area contributed by atoms with Gasteiger partial charge in [0.2, 0.25) is 5.91 Å². The summed E-state index contributed by atoms with van der Waals surface area (Å²) in [5, 5.41) is 3.04. The van der Waals surface area contributed by atoms with E-state index >= 15 is 0 Å². The van der Waals surface area contributed by atoms with Crippen LogP contribution < -0.4 is 15.0 Å². The number of aryl methyl sites for hydroxylation is 1. The van der Waals surface area contributed by atoms with E-state index in [9.17, 15) is 4.79 Å². The van der Waals surface area contributed by atoms with Gasteiger partial charge in [-0.25, -0.2) is 0 Å². The number of nitrogens with one attached hydrogen (secondary N) is 1. The van der Waals surface area contributed by atoms with Crippen LogP contribution >= 0.6 is 0 Å². The number of amides is 1. The first kappa shape index (κ1) is 20.7. The van der Waals surface area contributed by atoms with Gasteiger partial charge in [0.1, 0.15) is 5.75 Å². The monoisotopic (exact) mass is 407 g/mol. The molecular formula is C25H33N3O2. The van der Waals surface area contributed by atoms with Crippen molar-refractivity contribution in [3.05, 3.63) is 53.6 Å². The van der Waals surface area contributed by atoms with Crippen molar-refractivity contribution in [1.29, 1.82) is 0 Å². The van der Waals surface area contributed by atoms with Crippen molar-refractivity contribution in [2.24, 2.45) is 0 Å². The van der Waals surface area contributed by atoms with Gasteiger partial charge in [-0.15, -0.1) is 0 Å². The number of fused-ring (bicyclic) bond motifs is 3. The Kier molecular flexibility index (Phi) is 6.28. The van der Waals surface area contributed by atoms with Gasteiger partial charge in [0, 0.05) is 31.6 Å². The highest BCUT2D eigenvalue weighted by molar-refractivity contribution is 6.03. The van der Waals surface area contributed by atoms with Crippen LogP contribution in [0, 0.1) is 6.92 Å². The fraction of sp³-hybridized carbons (Fsp3) is 0.480. The number of piperidine rings is 1. The highest BCUT2D eigenvalue weighted by Gasteiger charge is 2.44. The molecule has 2 atom stereocenters. The van der Waals surface area contributed by atoms with Gasteiger partial charge < -0.3 is 19.9 Å². The molecule has 3 aliphatic heterocycles. The molecular weight excluding hydrogens is 374 g/mol. The molecule has 1 amide bonds. The van der Waals surface area contributed by atoms with Crippen molar-refractivity contribution in [2.75, 3.05) is 43.0 Å². The minimum atomic E-state index is 0.112. The Morgan fingerprint density at radius 2 is 1.93 bits per heavy atom. The number of hydrogen-bond acceptors (Lipinski definition) is 4. The van der Waals surface area contributed by atoms with Crippen molar-refractivity contribution in [2.45, 2.75) is 45.6 Å². The molecule has 1 fully saturated rings. The molecule has 5 heteroatoms. The minimum absolute atomic E-state index is 0.112. The lowest BCUT2D eigenvalue weighted by molar-refractivity contribution is -0.115. The lowest BCUT2D eigenvalue weighted by Gasteiger charge is -2.39. The van der Waals surface area contributed by atoms with E-state index in [0.717, 1.165) is 50.5 Å². The maximum atomic E-state index is 12.1. The quantitative estimate of drug-likeness (QED) is 0.745. The van der Waals surface area contributed by atoms with Gasteiger partial charge in [-0.3, -0.25) is 4.79 Å². The topological polar surface area (TPSA) is 44.8 Å². The number of carbonyl (C=O) groups is 1. The molecule has 5 nitrogen and oxygen atoms in total. The van der Waals surface area contributed by atoms with Crippen LogP contribution in [0.15, 0.2) is 42.5 Å². The number of ether oxygens (including phenoxy) is 1. The highest BCUT2D eigenvalue weighted by atomic mass is 16.5. The summed E-state index contributed by atoms with van der Waals surface area (Å²) in [6, 6.07) is 15.1. The molecule has 0 saturated carbocycles. The second-order valence-corrected chi connectivity index (χ2v) is 8.20. The third kappa shape index (κ3) is 4.04. The molecule has 3 aliphatic rings. The standard InChI is InChI=1S/C23H27N3O2.C2H6/c1-16-6-8-17(9-7-16)28-13-3-11-25-12-10-21-19(14-25)18-4-2-5-20-23(18)26(21)15-22(27)24-20;1-2/h2,4-9,19,21H,3,10-15H2,1H3,(H,24,27);1-2H3. The summed E-state index contributed by atoms with van der Waals surface area (Å²) in [5.74, 6) is 1.56. The second-order valence-electron chi connectivity index (χ2n) is 8.20. The van der Waals surface area contributed by atoms with E-state index in [0.29, 0.717) is 18.5 Å². The molecule has 3 heterocycles. The van der Waals surface area contributed by atoms with E-state index in [4.69, 9.17) is 4.74 Å². The van der Waals surface area contributed by atoms with E-state index in [2.05, 4.69) is 46.3 Å². The maximum Gasteiger partial charge on any atom is 0.243 e. The third-order valence-corrected chi connectivity index (χ3v) is 6.31. The summed E-state index contributed by atoms with van der Waals surface area (Å²) >= 11 is 0. The summed E-state index contributed by atoms with van der Waals surface area (Å²) in [4.78, 5) is 17.0. The van der Waals surface area contributed by atoms with E-state index in [1.807, 2.05) is 32.0 Å². The van der Waals surface area contributed by atoms with E-state index in [1.54, 1.807) is 0 Å². The van der Waals surface area contributed by atoms with Crippen LogP contribution in [0.5, 0.6) is 5.75 Å². The molecule has 5 rings (SSSR count). The summed E-state index contributed by atoms with van der Waals surface area (Å²) in [5.41, 5.74) is 4.91. The summed E-state index contributed by atoms with van der Waals surface area (Å²) in [6.45, 7) is 10.5. The maximum absolute atomic E-state index is 12.1. The zero-order valence-corrected chi connectivity index (χ0v) is 18.4. The van der Waals surface area contributed by atoms with E-state index < -0.39 is 0 Å². The number of rotatable bonds is 5. The lowest BCUT2D eigenvalue weighted by atomic mass is 9.89. The van der Waals surface area contributed by atoms with Gasteiger partial charge in [-0.2, -0.15) is 0 Å². The van der Waals surface area contributed by atoms with Crippen molar-refractivity contribution in [3.8, 4) is 5.75 Å². The Morgan fingerprint density at radius 1 is 1.13 bits per heavy atom. The Bertz CT molecular complexity index is 880. The van der Waals surface area contributed by atoms with Crippen molar-refractivity contribution >= 4 is 17.3 Å². The van der Waals surface area contributed by atoms with Crippen molar-refractivity contribution in [1.82, 2.24) is 4.90 Å². The number of benzene rings is 2. The minimum Gasteiger partial charge on any atom is -0.494 e. The molecule has 2 aromatic rings. The number of likely N-dealkylation sites (tertiary alicyclic amines) is 1. The first-order valence-electron chi connectivity index (χ1n) is 11.3. The van der Waals surface area contributed by atoms with E-state index in [-0.39, 0.29) is 5.91 Å². The summed E-state index contributed by atoms with van der Waals surface area (Å²) < 4.78 is 5.88. The Labute approximate surface area is 180 Å². The summed E-state index contributed by atoms with van der Waals surface area (Å²) in [7, 11) is 0. The molecule has 0 radical (unpaired) electrons. The first-order chi connectivity index (χ1) is 14.7. The van der Waals surface area contributed by atoms with Gasteiger partial charge in [0.25, 0.3) is 0 Å². The van der Waals surface area contributed by atoms with Crippen molar-refractivity contribution < 1.29 is 9.53 Å². The van der Waals surface area contributed by atoms with E-state index in [1.165, 1.54) is 16.8 Å². The number of anilines is 2. The average molecular weight is 408 g/mol. The van der Waals surface area contributed by atoms with Crippen LogP contribution in [-0.2, 0) is 4.79 Å². The normalized spacial score (nSPS) is 21.8. The molecule has 0 aliphatic carbocycles. The number of para-hydroxylation sites is 1. The predicted octanol–water partition coefficient (Wildman–Crippen LogP) is 4.42. The van der Waals surface area contributed by atoms with Crippen LogP contribution in [0.2, 0.25) is 0 Å². The molecule has 2 unspecified atom stereocenters. The van der Waals surface area contributed by atoms with Crippen LogP contribution in [0.3, 0.4) is 0 Å². The molecule has 1 N–H and O–H groups in total. The van der Waals surface area contributed by atoms with Gasteiger partial charge in [0.15, 0.2) is 0 Å². The molecule has 1 saturated heterocycles. The average Bonchev–Trinajstić information content (AvgIpc) is 3.08. The van der Waals surface area contributed by atoms with Crippen LogP contribution in [0.1, 0.15) is 43.7 Å². The molecule has 2 aromatic carbocycles. The van der Waals surface area contributed by atoms with Crippen molar-refractivity contribution in [3.63, 3.8) is 0 Å². The zero-order valence-electron chi connectivity index (χ0n) is 18.4. The highest BCUT2D eigenvalue weighted by Crippen LogP contribution is 2.49. The SMILES string of the molecule is CC.Cc1ccc(OCCCN2CCC3C(C2)c2cccc4c2N3CC(=O)N4)cc1. The third-order valence-electron chi connectivity index (χ3n) is 6.31. The number of nitrogens with zero attached hydrogens (tertiary/aromatic N) is 2. The lowest BCUT2D eigenvalue weighted by Crippen LogP contribution is -2.49. The molecule has 160 valence electrons. The number of hydrogen-bond donors (Lipinski definition) is 1. The van der Waals surface area contributed by atoms with Gasteiger partial charge in [-0.05, 0) is 43.5 Å².